The van der Waals surface area contributed by atoms with Gasteiger partial charge in [0.2, 0.25) is 0 Å². The number of hydrogen-bond donors (Lipinski definition) is 3. The van der Waals surface area contributed by atoms with Gasteiger partial charge in [0.25, 0.3) is 0 Å². The Morgan fingerprint density at radius 1 is 0.829 bits per heavy atom. The fourth-order valence-corrected chi connectivity index (χ4v) is 4.33. The fraction of sp³-hybridized carbons (Fsp3) is 0.194. The average Bonchev–Trinajstić information content (AvgIpc) is 3.29. The molecule has 41 heavy (non-hydrogen) atoms. The van der Waals surface area contributed by atoms with Crippen molar-refractivity contribution in [2.24, 2.45) is 0 Å². The number of hydrogen-bond acceptors (Lipinski definition) is 4. The molecule has 3 aromatic carbocycles. The molecule has 1 heterocycles. The molecule has 5 nitrogen and oxygen atoms in total. The summed E-state index contributed by atoms with van der Waals surface area (Å²) in [5.41, 5.74) is 11.3. The van der Waals surface area contributed by atoms with E-state index >= 15 is 0 Å². The summed E-state index contributed by atoms with van der Waals surface area (Å²) in [6.07, 6.45) is 3.95. The summed E-state index contributed by atoms with van der Waals surface area (Å²) < 4.78 is 1.94. The van der Waals surface area contributed by atoms with Crippen LogP contribution in [-0.2, 0) is 6.54 Å². The fourth-order valence-electron chi connectivity index (χ4n) is 4.33. The van der Waals surface area contributed by atoms with Gasteiger partial charge in [-0.1, -0.05) is 82.1 Å². The van der Waals surface area contributed by atoms with Crippen LogP contribution < -0.4 is 16.0 Å². The van der Waals surface area contributed by atoms with Crippen molar-refractivity contribution in [2.45, 2.75) is 48.1 Å². The molecule has 0 saturated heterocycles. The third kappa shape index (κ3) is 8.36. The maximum absolute atomic E-state index is 4.62. The maximum atomic E-state index is 4.62. The van der Waals surface area contributed by atoms with E-state index in [1.54, 1.807) is 0 Å². The third-order valence-corrected chi connectivity index (χ3v) is 6.55. The molecule has 3 N–H and O–H groups in total. The molecular formula is C36H43N5. The van der Waals surface area contributed by atoms with Gasteiger partial charge in [-0.15, -0.1) is 0 Å². The highest BCUT2D eigenvalue weighted by Gasteiger charge is 2.10. The van der Waals surface area contributed by atoms with Gasteiger partial charge in [0.1, 0.15) is 5.82 Å². The van der Waals surface area contributed by atoms with E-state index < -0.39 is 0 Å². The Kier molecular flexibility index (Phi) is 10.9. The zero-order valence-electron chi connectivity index (χ0n) is 25.3. The Bertz CT molecular complexity index is 1550. The zero-order valence-corrected chi connectivity index (χ0v) is 25.3. The van der Waals surface area contributed by atoms with Gasteiger partial charge in [0.05, 0.1) is 6.20 Å². The van der Waals surface area contributed by atoms with Gasteiger partial charge >= 0.3 is 0 Å². The lowest BCUT2D eigenvalue weighted by molar-refractivity contribution is 0.756. The Labute approximate surface area is 246 Å². The molecule has 0 fully saturated rings. The molecule has 1 aromatic heterocycles. The molecule has 0 bridgehead atoms. The molecule has 0 amide bonds. The van der Waals surface area contributed by atoms with Crippen LogP contribution in [0.15, 0.2) is 111 Å². The lowest BCUT2D eigenvalue weighted by atomic mass is 10.0. The molecule has 4 rings (SSSR count). The summed E-state index contributed by atoms with van der Waals surface area (Å²) >= 11 is 0. The van der Waals surface area contributed by atoms with Crippen molar-refractivity contribution in [3.05, 3.63) is 144 Å². The monoisotopic (exact) mass is 545 g/mol. The molecule has 0 saturated carbocycles. The summed E-state index contributed by atoms with van der Waals surface area (Å²) in [4.78, 5) is 0. The number of nitrogens with zero attached hydrogens (tertiary/aromatic N) is 2. The van der Waals surface area contributed by atoms with Crippen LogP contribution in [0.3, 0.4) is 0 Å². The van der Waals surface area contributed by atoms with E-state index in [9.17, 15) is 0 Å². The number of allylic oxidation sites excluding steroid dienone is 3. The first kappa shape index (κ1) is 30.8. The highest BCUT2D eigenvalue weighted by molar-refractivity contribution is 5.79. The average molecular weight is 546 g/mol. The number of nitrogens with one attached hydrogen (secondary N) is 3. The minimum Gasteiger partial charge on any atom is -0.366 e. The molecule has 0 radical (unpaired) electrons. The van der Waals surface area contributed by atoms with Gasteiger partial charge in [0, 0.05) is 35.0 Å². The Morgan fingerprint density at radius 3 is 2.17 bits per heavy atom. The van der Waals surface area contributed by atoms with Crippen molar-refractivity contribution in [1.82, 2.24) is 15.1 Å². The predicted octanol–water partition coefficient (Wildman–Crippen LogP) is 9.16. The van der Waals surface area contributed by atoms with Crippen LogP contribution in [0.2, 0.25) is 0 Å². The van der Waals surface area contributed by atoms with E-state index in [-0.39, 0.29) is 0 Å². The normalized spacial score (nSPS) is 10.7. The van der Waals surface area contributed by atoms with Gasteiger partial charge in [-0.3, -0.25) is 0 Å². The lowest BCUT2D eigenvalue weighted by Gasteiger charge is -2.16. The second-order valence-corrected chi connectivity index (χ2v) is 9.84. The van der Waals surface area contributed by atoms with E-state index in [4.69, 9.17) is 0 Å². The zero-order chi connectivity index (χ0) is 29.9. The summed E-state index contributed by atoms with van der Waals surface area (Å²) in [5, 5.41) is 14.9. The van der Waals surface area contributed by atoms with Crippen LogP contribution in [0, 0.1) is 20.8 Å². The van der Waals surface area contributed by atoms with Crippen LogP contribution in [0.4, 0.5) is 11.4 Å². The first-order chi connectivity index (χ1) is 19.7. The summed E-state index contributed by atoms with van der Waals surface area (Å²) in [5.74, 6) is 0.874. The Morgan fingerprint density at radius 2 is 1.51 bits per heavy atom. The number of aromatic nitrogens is 2. The number of benzene rings is 3. The maximum Gasteiger partial charge on any atom is 0.128 e. The number of anilines is 2. The highest BCUT2D eigenvalue weighted by Crippen LogP contribution is 2.23. The van der Waals surface area contributed by atoms with Crippen molar-refractivity contribution in [1.29, 1.82) is 0 Å². The van der Waals surface area contributed by atoms with Gasteiger partial charge in [0.15, 0.2) is 0 Å². The lowest BCUT2D eigenvalue weighted by Crippen LogP contribution is -2.19. The van der Waals surface area contributed by atoms with Gasteiger partial charge in [-0.2, -0.15) is 5.10 Å². The molecule has 0 atom stereocenters. The minimum absolute atomic E-state index is 0.616. The summed E-state index contributed by atoms with van der Waals surface area (Å²) in [6.45, 7) is 25.3. The highest BCUT2D eigenvalue weighted by atomic mass is 15.3. The Balaban J connectivity index is 0.00000226. The minimum atomic E-state index is 0.616. The van der Waals surface area contributed by atoms with Crippen molar-refractivity contribution in [2.75, 3.05) is 10.6 Å². The van der Waals surface area contributed by atoms with Crippen LogP contribution in [0.5, 0.6) is 0 Å². The second kappa shape index (κ2) is 14.6. The quantitative estimate of drug-likeness (QED) is 0.164. The molecule has 0 unspecified atom stereocenters. The number of rotatable bonds is 11. The van der Waals surface area contributed by atoms with Crippen LogP contribution >= 0.6 is 0 Å². The molecule has 0 spiro atoms. The molecule has 0 aliphatic rings. The van der Waals surface area contributed by atoms with Gasteiger partial charge in [-0.25, -0.2) is 4.68 Å². The van der Waals surface area contributed by atoms with E-state index in [1.165, 1.54) is 5.56 Å². The SMILES string of the molecule is C=C(C)Nc1cccc(C(=C)Nc2cccc(CN/C(=C/C(=C)c3ccccc3C)n3ncc(C)c3C)c2)c1.CC. The van der Waals surface area contributed by atoms with E-state index in [2.05, 4.69) is 98.0 Å². The second-order valence-electron chi connectivity index (χ2n) is 9.84. The van der Waals surface area contributed by atoms with Gasteiger partial charge < -0.3 is 16.0 Å². The van der Waals surface area contributed by atoms with E-state index in [0.717, 1.165) is 62.1 Å². The van der Waals surface area contributed by atoms with Gasteiger partial charge in [-0.05, 0) is 91.4 Å². The smallest absolute Gasteiger partial charge is 0.128 e. The number of aryl methyl sites for hydroxylation is 2. The van der Waals surface area contributed by atoms with Crippen molar-refractivity contribution in [3.63, 3.8) is 0 Å². The van der Waals surface area contributed by atoms with Crippen LogP contribution in [-0.4, -0.2) is 9.78 Å². The molecule has 212 valence electrons. The molecule has 0 aliphatic heterocycles. The van der Waals surface area contributed by atoms with Crippen LogP contribution in [0.1, 0.15) is 54.3 Å². The topological polar surface area (TPSA) is 53.9 Å². The summed E-state index contributed by atoms with van der Waals surface area (Å²) in [6, 6.07) is 24.7. The summed E-state index contributed by atoms with van der Waals surface area (Å²) in [7, 11) is 0. The predicted molar refractivity (Wildman–Crippen MR) is 178 cm³/mol. The first-order valence-corrected chi connectivity index (χ1v) is 14.0. The van der Waals surface area contributed by atoms with Crippen molar-refractivity contribution < 1.29 is 0 Å². The van der Waals surface area contributed by atoms with Crippen molar-refractivity contribution >= 4 is 28.5 Å². The molecule has 0 aliphatic carbocycles. The standard InChI is InChI=1S/C34H37N5.C2H6/c1-23(2)37-32-16-11-14-30(20-32)27(6)38-31-15-10-13-29(19-31)22-35-34(39-28(7)26(5)21-36-39)18-25(4)33-17-9-8-12-24(33)3;1-2/h8-21,35,37-38H,1,4,6,22H2,2-3,5,7H3;1-2H3/b34-18-;. The van der Waals surface area contributed by atoms with Crippen molar-refractivity contribution in [3.8, 4) is 0 Å². The Hall–Kier alpha value is -4.77. The third-order valence-electron chi connectivity index (χ3n) is 6.55. The molecular weight excluding hydrogens is 502 g/mol. The largest absolute Gasteiger partial charge is 0.366 e. The van der Waals surface area contributed by atoms with E-state index in [1.807, 2.05) is 74.1 Å². The molecule has 5 heteroatoms. The first-order valence-electron chi connectivity index (χ1n) is 14.0. The molecule has 4 aromatic rings. The van der Waals surface area contributed by atoms with E-state index in [0.29, 0.717) is 6.54 Å². The van der Waals surface area contributed by atoms with Crippen LogP contribution in [0.25, 0.3) is 17.1 Å².